The Morgan fingerprint density at radius 3 is 2.59 bits per heavy atom. The van der Waals surface area contributed by atoms with Crippen molar-refractivity contribution in [1.82, 2.24) is 19.7 Å². The van der Waals surface area contributed by atoms with Crippen molar-refractivity contribution in [3.8, 4) is 23.0 Å². The Hall–Kier alpha value is -2.49. The maximum Gasteiger partial charge on any atom is 0.319 e. The number of rotatable bonds is 6. The molecule has 0 atom stereocenters. The molecular weight excluding hydrogens is 392 g/mol. The monoisotopic (exact) mass is 408 g/mol. The van der Waals surface area contributed by atoms with E-state index in [0.717, 1.165) is 5.56 Å². The van der Waals surface area contributed by atoms with Crippen molar-refractivity contribution in [2.45, 2.75) is 11.8 Å². The molecule has 2 aromatic heterocycles. The van der Waals surface area contributed by atoms with Crippen LogP contribution in [0.2, 0.25) is 5.02 Å². The molecule has 0 aliphatic rings. The smallest absolute Gasteiger partial charge is 0.319 e. The highest BCUT2D eigenvalue weighted by molar-refractivity contribution is 7.89. The number of ether oxygens (including phenoxy) is 2. The number of hydrogen-bond donors (Lipinski definition) is 1. The van der Waals surface area contributed by atoms with Crippen LogP contribution in [0.3, 0.4) is 0 Å². The Bertz CT molecular complexity index is 1110. The van der Waals surface area contributed by atoms with E-state index in [4.69, 9.17) is 21.1 Å². The molecule has 3 aromatic rings. The summed E-state index contributed by atoms with van der Waals surface area (Å²) >= 11 is 6.33. The van der Waals surface area contributed by atoms with Gasteiger partial charge in [-0.1, -0.05) is 30.7 Å². The topological polar surface area (TPSA) is 103 Å². The molecule has 1 N–H and O–H groups in total. The predicted octanol–water partition coefficient (Wildman–Crippen LogP) is 2.66. The number of sulfonamides is 1. The zero-order valence-corrected chi connectivity index (χ0v) is 16.4. The minimum absolute atomic E-state index is 0.0587. The number of benzene rings is 1. The molecule has 0 saturated carbocycles. The lowest BCUT2D eigenvalue weighted by molar-refractivity contribution is 0.353. The Kier molecular flexibility index (Phi) is 5.45. The number of pyridine rings is 1. The number of fused-ring (bicyclic) bond motifs is 1. The zero-order valence-electron chi connectivity index (χ0n) is 14.9. The van der Waals surface area contributed by atoms with Gasteiger partial charge < -0.3 is 9.47 Å². The molecule has 0 fully saturated rings. The molecule has 2 heterocycles. The number of nitrogens with zero attached hydrogens (tertiary/aromatic N) is 3. The molecule has 0 aliphatic heterocycles. The summed E-state index contributed by atoms with van der Waals surface area (Å²) in [6.07, 6.45) is 2.83. The highest BCUT2D eigenvalue weighted by Crippen LogP contribution is 2.34. The van der Waals surface area contributed by atoms with Gasteiger partial charge in [-0.3, -0.25) is 4.98 Å². The minimum Gasteiger partial charge on any atom is -0.480 e. The van der Waals surface area contributed by atoms with Gasteiger partial charge in [0.25, 0.3) is 0 Å². The Balaban J connectivity index is 2.13. The molecule has 0 radical (unpaired) electrons. The van der Waals surface area contributed by atoms with Crippen LogP contribution in [0.5, 0.6) is 11.9 Å². The first-order valence-corrected chi connectivity index (χ1v) is 9.80. The number of aromatic nitrogens is 3. The molecule has 3 rings (SSSR count). The molecule has 0 bridgehead atoms. The van der Waals surface area contributed by atoms with Gasteiger partial charge in [0.05, 0.1) is 30.3 Å². The van der Waals surface area contributed by atoms with E-state index in [1.807, 2.05) is 0 Å². The molecule has 1 aromatic carbocycles. The SMILES string of the molecule is CCNS(=O)(=O)c1cnc2cc(-c3cnc(OC)nc3OC)ccc2c1Cl. The van der Waals surface area contributed by atoms with Gasteiger partial charge in [-0.05, 0) is 11.6 Å². The first-order valence-electron chi connectivity index (χ1n) is 7.94. The van der Waals surface area contributed by atoms with Gasteiger partial charge in [0.2, 0.25) is 15.9 Å². The lowest BCUT2D eigenvalue weighted by Gasteiger charge is -2.11. The van der Waals surface area contributed by atoms with Crippen LogP contribution in [-0.2, 0) is 10.0 Å². The summed E-state index contributed by atoms with van der Waals surface area (Å²) in [6, 6.07) is 5.43. The zero-order chi connectivity index (χ0) is 19.6. The van der Waals surface area contributed by atoms with E-state index >= 15 is 0 Å². The maximum absolute atomic E-state index is 12.2. The average molecular weight is 409 g/mol. The molecule has 0 saturated heterocycles. The largest absolute Gasteiger partial charge is 0.480 e. The Morgan fingerprint density at radius 1 is 1.15 bits per heavy atom. The van der Waals surface area contributed by atoms with Crippen molar-refractivity contribution >= 4 is 32.5 Å². The van der Waals surface area contributed by atoms with Gasteiger partial charge in [-0.15, -0.1) is 0 Å². The van der Waals surface area contributed by atoms with E-state index < -0.39 is 10.0 Å². The summed E-state index contributed by atoms with van der Waals surface area (Å²) in [5.41, 5.74) is 1.92. The van der Waals surface area contributed by atoms with Crippen LogP contribution < -0.4 is 14.2 Å². The standard InChI is InChI=1S/C17H17ClN4O4S/c1-4-21-27(23,24)14-9-19-13-7-10(5-6-11(13)15(14)18)12-8-20-17(26-3)22-16(12)25-2/h5-9,21H,4H2,1-3H3. The third kappa shape index (κ3) is 3.66. The number of methoxy groups -OCH3 is 2. The number of halogens is 1. The average Bonchev–Trinajstić information content (AvgIpc) is 2.67. The first-order chi connectivity index (χ1) is 12.9. The summed E-state index contributed by atoms with van der Waals surface area (Å²) in [4.78, 5) is 12.5. The molecular formula is C17H17ClN4O4S. The van der Waals surface area contributed by atoms with E-state index in [1.54, 1.807) is 31.3 Å². The normalized spacial score (nSPS) is 11.6. The molecule has 0 unspecified atom stereocenters. The van der Waals surface area contributed by atoms with Crippen molar-refractivity contribution in [2.24, 2.45) is 0 Å². The van der Waals surface area contributed by atoms with Gasteiger partial charge in [0.15, 0.2) is 0 Å². The lowest BCUT2D eigenvalue weighted by Crippen LogP contribution is -2.23. The summed E-state index contributed by atoms with van der Waals surface area (Å²) in [5, 5.41) is 0.637. The van der Waals surface area contributed by atoms with Gasteiger partial charge >= 0.3 is 6.01 Å². The summed E-state index contributed by atoms with van der Waals surface area (Å²) in [5.74, 6) is 0.346. The van der Waals surface area contributed by atoms with Gasteiger partial charge in [0.1, 0.15) is 4.90 Å². The van der Waals surface area contributed by atoms with Crippen LogP contribution in [0.15, 0.2) is 35.5 Å². The van der Waals surface area contributed by atoms with E-state index in [-0.39, 0.29) is 22.5 Å². The quantitative estimate of drug-likeness (QED) is 0.668. The maximum atomic E-state index is 12.2. The summed E-state index contributed by atoms with van der Waals surface area (Å²) < 4.78 is 37.2. The van der Waals surface area contributed by atoms with Crippen LogP contribution >= 0.6 is 11.6 Å². The lowest BCUT2D eigenvalue weighted by atomic mass is 10.1. The fraction of sp³-hybridized carbons (Fsp3) is 0.235. The number of nitrogens with one attached hydrogen (secondary N) is 1. The second-order valence-electron chi connectivity index (χ2n) is 5.45. The molecule has 0 aliphatic carbocycles. The van der Waals surface area contributed by atoms with Gasteiger partial charge in [-0.2, -0.15) is 4.98 Å². The van der Waals surface area contributed by atoms with Crippen LogP contribution in [0.25, 0.3) is 22.0 Å². The van der Waals surface area contributed by atoms with E-state index in [0.29, 0.717) is 22.3 Å². The number of hydrogen-bond acceptors (Lipinski definition) is 7. The first kappa shape index (κ1) is 19.3. The molecule has 0 amide bonds. The van der Waals surface area contributed by atoms with E-state index in [1.165, 1.54) is 20.4 Å². The van der Waals surface area contributed by atoms with Crippen LogP contribution in [0.1, 0.15) is 6.92 Å². The molecule has 27 heavy (non-hydrogen) atoms. The van der Waals surface area contributed by atoms with Crippen molar-refractivity contribution in [2.75, 3.05) is 20.8 Å². The highest BCUT2D eigenvalue weighted by Gasteiger charge is 2.20. The molecule has 0 spiro atoms. The fourth-order valence-electron chi connectivity index (χ4n) is 2.57. The van der Waals surface area contributed by atoms with Crippen molar-refractivity contribution < 1.29 is 17.9 Å². The summed E-state index contributed by atoms with van der Waals surface area (Å²) in [6.45, 7) is 1.95. The Morgan fingerprint density at radius 2 is 1.93 bits per heavy atom. The minimum atomic E-state index is -3.71. The molecule has 10 heteroatoms. The van der Waals surface area contributed by atoms with Crippen LogP contribution in [0.4, 0.5) is 0 Å². The van der Waals surface area contributed by atoms with Crippen LogP contribution in [0, 0.1) is 0 Å². The van der Waals surface area contributed by atoms with Crippen LogP contribution in [-0.4, -0.2) is 44.1 Å². The molecule has 8 nitrogen and oxygen atoms in total. The third-order valence-corrected chi connectivity index (χ3v) is 5.89. The second kappa shape index (κ2) is 7.63. The second-order valence-corrected chi connectivity index (χ2v) is 7.56. The highest BCUT2D eigenvalue weighted by atomic mass is 35.5. The van der Waals surface area contributed by atoms with E-state index in [2.05, 4.69) is 19.7 Å². The van der Waals surface area contributed by atoms with Crippen molar-refractivity contribution in [3.05, 3.63) is 35.6 Å². The van der Waals surface area contributed by atoms with E-state index in [9.17, 15) is 8.42 Å². The molecule has 142 valence electrons. The predicted molar refractivity (Wildman–Crippen MR) is 102 cm³/mol. The van der Waals surface area contributed by atoms with Gasteiger partial charge in [0, 0.05) is 24.3 Å². The third-order valence-electron chi connectivity index (χ3n) is 3.81. The van der Waals surface area contributed by atoms with Crippen molar-refractivity contribution in [3.63, 3.8) is 0 Å². The van der Waals surface area contributed by atoms with Crippen molar-refractivity contribution in [1.29, 1.82) is 0 Å². The fourth-order valence-corrected chi connectivity index (χ4v) is 4.15. The van der Waals surface area contributed by atoms with Gasteiger partial charge in [-0.25, -0.2) is 18.1 Å². The Labute approximate surface area is 161 Å². The summed E-state index contributed by atoms with van der Waals surface area (Å²) in [7, 11) is -0.744.